The Morgan fingerprint density at radius 1 is 1.07 bits per heavy atom. The van der Waals surface area contributed by atoms with Crippen LogP contribution >= 0.6 is 0 Å². The number of nitrogens with zero attached hydrogens (tertiary/aromatic N) is 4. The van der Waals surface area contributed by atoms with Gasteiger partial charge >= 0.3 is 6.18 Å². The van der Waals surface area contributed by atoms with Crippen LogP contribution in [0.1, 0.15) is 5.69 Å². The number of benzene rings is 1. The van der Waals surface area contributed by atoms with Gasteiger partial charge in [-0.1, -0.05) is 12.1 Å². The van der Waals surface area contributed by atoms with E-state index in [9.17, 15) is 22.1 Å². The third-order valence-corrected chi connectivity index (χ3v) is 5.92. The number of alkyl halides is 3. The van der Waals surface area contributed by atoms with Gasteiger partial charge in [0.2, 0.25) is 0 Å². The van der Waals surface area contributed by atoms with Crippen LogP contribution in [-0.4, -0.2) is 24.1 Å². The van der Waals surface area contributed by atoms with Gasteiger partial charge in [0.1, 0.15) is 11.5 Å². The van der Waals surface area contributed by atoms with Crippen molar-refractivity contribution in [3.63, 3.8) is 0 Å². The Balaban J connectivity index is 1.71. The SMILES string of the molecule is [O-][S+]1Cn2c(nc3cc(C(F)(F)F)ncc32)-c2nc(-c3cccc(F)c3)ccc21. The average molecular weight is 418 g/mol. The average Bonchev–Trinajstić information content (AvgIpc) is 3.05. The minimum Gasteiger partial charge on any atom is -0.610 e. The van der Waals surface area contributed by atoms with E-state index in [0.29, 0.717) is 33.2 Å². The highest BCUT2D eigenvalue weighted by atomic mass is 32.2. The number of fused-ring (bicyclic) bond motifs is 5. The van der Waals surface area contributed by atoms with E-state index in [-0.39, 0.29) is 11.4 Å². The van der Waals surface area contributed by atoms with Gasteiger partial charge in [0.05, 0.1) is 22.9 Å². The molecule has 5 nitrogen and oxygen atoms in total. The molecule has 3 aromatic heterocycles. The van der Waals surface area contributed by atoms with Crippen molar-refractivity contribution >= 4 is 22.2 Å². The third-order valence-electron chi connectivity index (χ3n) is 4.61. The summed E-state index contributed by atoms with van der Waals surface area (Å²) in [4.78, 5) is 12.7. The molecule has 5 rings (SSSR count). The summed E-state index contributed by atoms with van der Waals surface area (Å²) >= 11 is -1.47. The van der Waals surface area contributed by atoms with Crippen LogP contribution in [-0.2, 0) is 23.2 Å². The van der Waals surface area contributed by atoms with Crippen LogP contribution in [0.5, 0.6) is 0 Å². The molecule has 0 bridgehead atoms. The van der Waals surface area contributed by atoms with Gasteiger partial charge in [-0.2, -0.15) is 13.2 Å². The second-order valence-corrected chi connectivity index (χ2v) is 7.84. The van der Waals surface area contributed by atoms with Gasteiger partial charge in [-0.25, -0.2) is 19.3 Å². The first-order valence-corrected chi connectivity index (χ1v) is 9.72. The van der Waals surface area contributed by atoms with Crippen molar-refractivity contribution in [2.75, 3.05) is 0 Å². The molecule has 29 heavy (non-hydrogen) atoms. The zero-order valence-corrected chi connectivity index (χ0v) is 15.3. The molecule has 0 amide bonds. The zero-order valence-electron chi connectivity index (χ0n) is 14.4. The Bertz CT molecular complexity index is 1270. The van der Waals surface area contributed by atoms with Gasteiger partial charge in [0.15, 0.2) is 22.3 Å². The third kappa shape index (κ3) is 2.95. The summed E-state index contributed by atoms with van der Waals surface area (Å²) in [6.07, 6.45) is -3.52. The minimum atomic E-state index is -4.60. The normalized spacial score (nSPS) is 16.0. The lowest BCUT2D eigenvalue weighted by Gasteiger charge is -2.21. The molecule has 4 heterocycles. The molecule has 1 aromatic carbocycles. The number of halogens is 4. The smallest absolute Gasteiger partial charge is 0.433 e. The van der Waals surface area contributed by atoms with Crippen molar-refractivity contribution < 1.29 is 22.1 Å². The molecule has 0 saturated heterocycles. The fraction of sp³-hybridized carbons (Fsp3) is 0.105. The Kier molecular flexibility index (Phi) is 3.90. The van der Waals surface area contributed by atoms with E-state index in [0.717, 1.165) is 12.3 Å². The van der Waals surface area contributed by atoms with Crippen molar-refractivity contribution in [1.82, 2.24) is 19.5 Å². The minimum absolute atomic E-state index is 0.0346. The Labute approximate surface area is 164 Å². The first-order chi connectivity index (χ1) is 13.8. The lowest BCUT2D eigenvalue weighted by atomic mass is 10.1. The molecule has 0 spiro atoms. The van der Waals surface area contributed by atoms with Crippen molar-refractivity contribution in [1.29, 1.82) is 0 Å². The van der Waals surface area contributed by atoms with Crippen LogP contribution in [0.4, 0.5) is 17.6 Å². The van der Waals surface area contributed by atoms with E-state index in [4.69, 9.17) is 0 Å². The highest BCUT2D eigenvalue weighted by Crippen LogP contribution is 2.37. The molecule has 0 N–H and O–H groups in total. The Morgan fingerprint density at radius 2 is 1.90 bits per heavy atom. The van der Waals surface area contributed by atoms with E-state index >= 15 is 0 Å². The molecule has 4 aromatic rings. The van der Waals surface area contributed by atoms with E-state index < -0.39 is 28.9 Å². The first kappa shape index (κ1) is 18.1. The fourth-order valence-electron chi connectivity index (χ4n) is 3.28. The van der Waals surface area contributed by atoms with Gasteiger partial charge in [-0.3, -0.25) is 4.57 Å². The summed E-state index contributed by atoms with van der Waals surface area (Å²) in [5, 5.41) is 0. The lowest BCUT2D eigenvalue weighted by Crippen LogP contribution is -2.20. The molecule has 10 heteroatoms. The zero-order chi connectivity index (χ0) is 20.3. The van der Waals surface area contributed by atoms with E-state index in [1.165, 1.54) is 12.1 Å². The molecule has 0 saturated carbocycles. The molecule has 0 aliphatic carbocycles. The summed E-state index contributed by atoms with van der Waals surface area (Å²) in [6.45, 7) is 0. The predicted molar refractivity (Wildman–Crippen MR) is 97.6 cm³/mol. The van der Waals surface area contributed by atoms with E-state index in [2.05, 4.69) is 15.0 Å². The van der Waals surface area contributed by atoms with Crippen LogP contribution in [0.25, 0.3) is 33.8 Å². The van der Waals surface area contributed by atoms with Gasteiger partial charge in [-0.05, 0) is 30.3 Å². The van der Waals surface area contributed by atoms with Crippen LogP contribution < -0.4 is 0 Å². The molecule has 0 fully saturated rings. The highest BCUT2D eigenvalue weighted by molar-refractivity contribution is 7.90. The maximum atomic E-state index is 13.6. The van der Waals surface area contributed by atoms with Gasteiger partial charge in [0.25, 0.3) is 0 Å². The Hall–Kier alpha value is -2.98. The van der Waals surface area contributed by atoms with Crippen molar-refractivity contribution in [2.24, 2.45) is 0 Å². The van der Waals surface area contributed by atoms with Crippen LogP contribution in [0, 0.1) is 5.82 Å². The first-order valence-electron chi connectivity index (χ1n) is 8.40. The topological polar surface area (TPSA) is 66.7 Å². The molecule has 1 unspecified atom stereocenters. The second-order valence-electron chi connectivity index (χ2n) is 6.45. The number of hydrogen-bond acceptors (Lipinski definition) is 4. The summed E-state index contributed by atoms with van der Waals surface area (Å²) in [6, 6.07) is 9.97. The van der Waals surface area contributed by atoms with Crippen LogP contribution in [0.3, 0.4) is 0 Å². The standard InChI is InChI=1S/C19H10F4N4OS/c20-11-3-1-2-10(6-11)12-4-5-15-17(25-12)18-26-13-7-16(19(21,22)23)24-8-14(13)27(18)9-29(15)28/h1-8H,9H2. The van der Waals surface area contributed by atoms with Gasteiger partial charge < -0.3 is 4.55 Å². The molecular formula is C19H10F4N4OS. The van der Waals surface area contributed by atoms with Crippen molar-refractivity contribution in [3.05, 3.63) is 60.2 Å². The summed E-state index contributed by atoms with van der Waals surface area (Å²) in [7, 11) is 0. The highest BCUT2D eigenvalue weighted by Gasteiger charge is 2.35. The number of rotatable bonds is 1. The van der Waals surface area contributed by atoms with Crippen LogP contribution in [0.2, 0.25) is 0 Å². The summed E-state index contributed by atoms with van der Waals surface area (Å²) in [5.74, 6) is -0.0927. The van der Waals surface area contributed by atoms with E-state index in [1.807, 2.05) is 0 Å². The maximum Gasteiger partial charge on any atom is 0.433 e. The largest absolute Gasteiger partial charge is 0.610 e. The van der Waals surface area contributed by atoms with Crippen molar-refractivity contribution in [2.45, 2.75) is 16.9 Å². The van der Waals surface area contributed by atoms with Gasteiger partial charge in [0, 0.05) is 16.7 Å². The molecule has 1 atom stereocenters. The molecular weight excluding hydrogens is 408 g/mol. The molecule has 1 aliphatic rings. The number of hydrogen-bond donors (Lipinski definition) is 0. The van der Waals surface area contributed by atoms with Crippen molar-refractivity contribution in [3.8, 4) is 22.8 Å². The van der Waals surface area contributed by atoms with E-state index in [1.54, 1.807) is 28.8 Å². The molecule has 1 aliphatic heterocycles. The summed E-state index contributed by atoms with van der Waals surface area (Å²) < 4.78 is 66.8. The molecule has 0 radical (unpaired) electrons. The summed E-state index contributed by atoms with van der Waals surface area (Å²) in [5.41, 5.74) is 0.627. The monoisotopic (exact) mass is 418 g/mol. The number of aromatic nitrogens is 4. The van der Waals surface area contributed by atoms with Gasteiger partial charge in [-0.15, -0.1) is 0 Å². The van der Waals surface area contributed by atoms with Crippen LogP contribution in [0.15, 0.2) is 53.6 Å². The quantitative estimate of drug-likeness (QED) is 0.340. The Morgan fingerprint density at radius 3 is 2.66 bits per heavy atom. The predicted octanol–water partition coefficient (Wildman–Crippen LogP) is 4.40. The molecule has 146 valence electrons. The maximum absolute atomic E-state index is 13.6. The number of imidazole rings is 1. The second kappa shape index (κ2) is 6.26. The lowest BCUT2D eigenvalue weighted by molar-refractivity contribution is -0.141. The fourth-order valence-corrected chi connectivity index (χ4v) is 4.48. The number of pyridine rings is 2.